The van der Waals surface area contributed by atoms with Gasteiger partial charge in [-0.15, -0.1) is 10.2 Å². The zero-order chi connectivity index (χ0) is 23.4. The second kappa shape index (κ2) is 10.4. The fraction of sp³-hybridized carbons (Fsp3) is 0.375. The van der Waals surface area contributed by atoms with Gasteiger partial charge in [-0.2, -0.15) is 0 Å². The molecule has 33 heavy (non-hydrogen) atoms. The van der Waals surface area contributed by atoms with Gasteiger partial charge >= 0.3 is 0 Å². The molecule has 174 valence electrons. The van der Waals surface area contributed by atoms with Gasteiger partial charge in [0.25, 0.3) is 0 Å². The summed E-state index contributed by atoms with van der Waals surface area (Å²) in [5.74, 6) is 0.386. The molecule has 0 bridgehead atoms. The lowest BCUT2D eigenvalue weighted by Crippen LogP contribution is -2.38. The molecule has 1 fully saturated rings. The summed E-state index contributed by atoms with van der Waals surface area (Å²) < 4.78 is 21.0. The quantitative estimate of drug-likeness (QED) is 0.492. The van der Waals surface area contributed by atoms with E-state index in [9.17, 15) is 9.18 Å². The summed E-state index contributed by atoms with van der Waals surface area (Å²) in [5, 5.41) is 9.21. The Morgan fingerprint density at radius 3 is 2.67 bits per heavy atom. The Labute approximate surface area is 197 Å². The van der Waals surface area contributed by atoms with Crippen molar-refractivity contribution >= 4 is 23.6 Å². The van der Waals surface area contributed by atoms with Crippen LogP contribution < -0.4 is 4.90 Å². The van der Waals surface area contributed by atoms with Crippen molar-refractivity contribution in [1.82, 2.24) is 19.7 Å². The minimum Gasteiger partial charge on any atom is -0.378 e. The Morgan fingerprint density at radius 2 is 1.94 bits per heavy atom. The van der Waals surface area contributed by atoms with Gasteiger partial charge in [-0.3, -0.25) is 9.36 Å². The van der Waals surface area contributed by atoms with Gasteiger partial charge in [0.1, 0.15) is 5.82 Å². The number of carbonyl (C=O) groups is 1. The van der Waals surface area contributed by atoms with E-state index in [-0.39, 0.29) is 11.7 Å². The number of rotatable bonds is 7. The van der Waals surface area contributed by atoms with Gasteiger partial charge in [-0.1, -0.05) is 42.1 Å². The highest BCUT2D eigenvalue weighted by Gasteiger charge is 2.26. The number of thioether (sulfide) groups is 1. The molecule has 1 aliphatic rings. The highest BCUT2D eigenvalue weighted by atomic mass is 32.2. The molecule has 0 saturated carbocycles. The largest absolute Gasteiger partial charge is 0.378 e. The van der Waals surface area contributed by atoms with E-state index < -0.39 is 5.25 Å². The molecule has 1 aromatic heterocycles. The van der Waals surface area contributed by atoms with E-state index in [0.29, 0.717) is 24.9 Å². The fourth-order valence-electron chi connectivity index (χ4n) is 3.84. The van der Waals surface area contributed by atoms with Crippen LogP contribution in [0.1, 0.15) is 18.1 Å². The molecule has 0 radical (unpaired) electrons. The van der Waals surface area contributed by atoms with Crippen molar-refractivity contribution in [2.75, 3.05) is 38.3 Å². The van der Waals surface area contributed by atoms with Crippen LogP contribution in [0.15, 0.2) is 53.7 Å². The van der Waals surface area contributed by atoms with Crippen LogP contribution in [0.2, 0.25) is 0 Å². The lowest BCUT2D eigenvalue weighted by molar-refractivity contribution is -0.129. The van der Waals surface area contributed by atoms with Crippen LogP contribution in [-0.4, -0.2) is 64.2 Å². The maximum atomic E-state index is 13.5. The lowest BCUT2D eigenvalue weighted by atomic mass is 10.2. The molecule has 1 saturated heterocycles. The first-order chi connectivity index (χ1) is 15.9. The normalized spacial score (nSPS) is 14.8. The molecular weight excluding hydrogens is 441 g/mol. The van der Waals surface area contributed by atoms with E-state index in [2.05, 4.69) is 15.1 Å². The van der Waals surface area contributed by atoms with Gasteiger partial charge in [0.2, 0.25) is 11.9 Å². The predicted molar refractivity (Wildman–Crippen MR) is 127 cm³/mol. The molecule has 1 atom stereocenters. The molecule has 0 spiro atoms. The van der Waals surface area contributed by atoms with Crippen LogP contribution in [0.25, 0.3) is 5.69 Å². The van der Waals surface area contributed by atoms with Crippen molar-refractivity contribution in [3.63, 3.8) is 0 Å². The maximum absolute atomic E-state index is 13.5. The zero-order valence-electron chi connectivity index (χ0n) is 19.1. The number of aryl methyl sites for hydroxylation is 1. The Hall–Kier alpha value is -2.91. The van der Waals surface area contributed by atoms with Crippen molar-refractivity contribution < 1.29 is 13.9 Å². The topological polar surface area (TPSA) is 63.5 Å². The fourth-order valence-corrected chi connectivity index (χ4v) is 4.81. The Bertz CT molecular complexity index is 1120. The van der Waals surface area contributed by atoms with Gasteiger partial charge in [0.15, 0.2) is 5.16 Å². The first-order valence-electron chi connectivity index (χ1n) is 10.9. The summed E-state index contributed by atoms with van der Waals surface area (Å²) in [6, 6.07) is 14.4. The Balaban J connectivity index is 1.57. The molecular formula is C24H28FN5O2S. The monoisotopic (exact) mass is 469 g/mol. The van der Waals surface area contributed by atoms with Gasteiger partial charge < -0.3 is 14.5 Å². The third-order valence-corrected chi connectivity index (χ3v) is 6.61. The molecule has 0 aliphatic carbocycles. The first kappa shape index (κ1) is 23.3. The zero-order valence-corrected chi connectivity index (χ0v) is 19.9. The van der Waals surface area contributed by atoms with Crippen LogP contribution in [0, 0.1) is 12.7 Å². The molecule has 9 heteroatoms. The minimum atomic E-state index is -0.395. The second-order valence-electron chi connectivity index (χ2n) is 8.09. The maximum Gasteiger partial charge on any atom is 0.235 e. The molecule has 1 aliphatic heterocycles. The molecule has 0 N–H and O–H groups in total. The van der Waals surface area contributed by atoms with Gasteiger partial charge in [0.05, 0.1) is 24.2 Å². The number of nitrogens with zero attached hydrogens (tertiary/aromatic N) is 5. The van der Waals surface area contributed by atoms with Gasteiger partial charge in [-0.25, -0.2) is 4.39 Å². The number of para-hydroxylation sites is 1. The standard InChI is InChI=1S/C24H28FN5O2S/c1-17-7-4-5-10-21(17)30-23(29-11-13-32-14-12-29)26-27-24(30)33-18(2)22(31)28(3)16-19-8-6-9-20(25)15-19/h4-10,15,18H,11-14,16H2,1-3H3. The molecule has 1 unspecified atom stereocenters. The van der Waals surface area contributed by atoms with Crippen LogP contribution in [-0.2, 0) is 16.1 Å². The van der Waals surface area contributed by atoms with Crippen molar-refractivity contribution in [3.8, 4) is 5.69 Å². The second-order valence-corrected chi connectivity index (χ2v) is 9.40. The molecule has 2 aromatic carbocycles. The summed E-state index contributed by atoms with van der Waals surface area (Å²) in [4.78, 5) is 16.9. The number of benzene rings is 2. The van der Waals surface area contributed by atoms with Crippen molar-refractivity contribution in [3.05, 3.63) is 65.5 Å². The summed E-state index contributed by atoms with van der Waals surface area (Å²) in [6.45, 7) is 7.00. The Morgan fingerprint density at radius 1 is 1.18 bits per heavy atom. The van der Waals surface area contributed by atoms with E-state index in [4.69, 9.17) is 4.74 Å². The highest BCUT2D eigenvalue weighted by Crippen LogP contribution is 2.31. The number of carbonyl (C=O) groups excluding carboxylic acids is 1. The molecule has 4 rings (SSSR count). The van der Waals surface area contributed by atoms with Crippen molar-refractivity contribution in [2.24, 2.45) is 0 Å². The summed E-state index contributed by atoms with van der Waals surface area (Å²) in [6.07, 6.45) is 0. The van der Waals surface area contributed by atoms with Gasteiger partial charge in [0, 0.05) is 26.7 Å². The molecule has 3 aromatic rings. The number of aromatic nitrogens is 3. The van der Waals surface area contributed by atoms with E-state index in [1.54, 1.807) is 18.0 Å². The number of hydrogen-bond donors (Lipinski definition) is 0. The third-order valence-electron chi connectivity index (χ3n) is 5.58. The third kappa shape index (κ3) is 5.36. The summed E-state index contributed by atoms with van der Waals surface area (Å²) in [7, 11) is 1.73. The number of halogens is 1. The molecule has 2 heterocycles. The number of hydrogen-bond acceptors (Lipinski definition) is 6. The smallest absolute Gasteiger partial charge is 0.235 e. The average molecular weight is 470 g/mol. The first-order valence-corrected chi connectivity index (χ1v) is 11.8. The minimum absolute atomic E-state index is 0.0588. The van der Waals surface area contributed by atoms with Crippen LogP contribution >= 0.6 is 11.8 Å². The number of ether oxygens (including phenoxy) is 1. The predicted octanol–water partition coefficient (Wildman–Crippen LogP) is 3.69. The van der Waals surface area contributed by atoms with E-state index in [1.807, 2.05) is 48.7 Å². The van der Waals surface area contributed by atoms with E-state index in [1.165, 1.54) is 23.9 Å². The molecule has 1 amide bonds. The molecule has 7 nitrogen and oxygen atoms in total. The van der Waals surface area contributed by atoms with E-state index >= 15 is 0 Å². The summed E-state index contributed by atoms with van der Waals surface area (Å²) >= 11 is 1.37. The van der Waals surface area contributed by atoms with Gasteiger partial charge in [-0.05, 0) is 43.2 Å². The van der Waals surface area contributed by atoms with Crippen molar-refractivity contribution in [1.29, 1.82) is 0 Å². The number of amides is 1. The number of anilines is 1. The summed E-state index contributed by atoms with van der Waals surface area (Å²) in [5.41, 5.74) is 2.83. The lowest BCUT2D eigenvalue weighted by Gasteiger charge is -2.28. The van der Waals surface area contributed by atoms with Crippen LogP contribution in [0.5, 0.6) is 0 Å². The van der Waals surface area contributed by atoms with Crippen LogP contribution in [0.3, 0.4) is 0 Å². The van der Waals surface area contributed by atoms with Crippen LogP contribution in [0.4, 0.5) is 10.3 Å². The average Bonchev–Trinajstić information content (AvgIpc) is 3.22. The van der Waals surface area contributed by atoms with Crippen molar-refractivity contribution in [2.45, 2.75) is 30.8 Å². The number of morpholine rings is 1. The SMILES string of the molecule is Cc1ccccc1-n1c(SC(C)C(=O)N(C)Cc2cccc(F)c2)nnc1N1CCOCC1. The van der Waals surface area contributed by atoms with E-state index in [0.717, 1.165) is 35.9 Å². The highest BCUT2D eigenvalue weighted by molar-refractivity contribution is 8.00. The Kier molecular flexibility index (Phi) is 7.29.